The first kappa shape index (κ1) is 29.7. The average molecular weight is 608 g/mol. The number of amidine groups is 1. The number of aryl methyl sites for hydroxylation is 1. The second-order valence-electron chi connectivity index (χ2n) is 12.7. The Balaban J connectivity index is 1.06. The van der Waals surface area contributed by atoms with Crippen LogP contribution in [0.4, 0.5) is 5.82 Å². The highest BCUT2D eigenvalue weighted by atomic mass is 15.4. The van der Waals surface area contributed by atoms with E-state index >= 15 is 0 Å². The lowest BCUT2D eigenvalue weighted by Gasteiger charge is -2.16. The standard InChI is InChI=1S/C39H41N7/c1-25-9-7-8-12-32(23-25)26(2)42-36(40)33-20-17-28(24-33)14-13-27-15-18-30(19-16-27)35-34(29-10-5-4-6-11-29)38(41-3)46-39(43-35)44-37(45-46)31-21-22-31/h4-12,15-19,23,25,31,33,41H,2,13-14,20-22,24H2,1,3H3,(H2,40,42). The van der Waals surface area contributed by atoms with E-state index in [1.165, 1.54) is 11.1 Å². The van der Waals surface area contributed by atoms with Crippen LogP contribution in [0, 0.1) is 11.8 Å². The van der Waals surface area contributed by atoms with Crippen molar-refractivity contribution in [3.8, 4) is 22.4 Å². The quantitative estimate of drug-likeness (QED) is 0.108. The second-order valence-corrected chi connectivity index (χ2v) is 12.7. The number of nitrogens with one attached hydrogen (secondary N) is 1. The van der Waals surface area contributed by atoms with Crippen molar-refractivity contribution in [3.05, 3.63) is 126 Å². The van der Waals surface area contributed by atoms with Crippen molar-refractivity contribution >= 4 is 17.4 Å². The van der Waals surface area contributed by atoms with E-state index in [9.17, 15) is 0 Å². The molecular formula is C39H41N7. The molecule has 3 aliphatic rings. The zero-order valence-corrected chi connectivity index (χ0v) is 26.7. The minimum absolute atomic E-state index is 0.233. The fourth-order valence-electron chi connectivity index (χ4n) is 6.40. The van der Waals surface area contributed by atoms with Crippen LogP contribution < -0.4 is 11.1 Å². The molecule has 2 atom stereocenters. The molecule has 0 aliphatic heterocycles. The van der Waals surface area contributed by atoms with Gasteiger partial charge in [0.2, 0.25) is 0 Å². The predicted molar refractivity (Wildman–Crippen MR) is 189 cm³/mol. The largest absolute Gasteiger partial charge is 0.387 e. The highest BCUT2D eigenvalue weighted by Gasteiger charge is 2.30. The van der Waals surface area contributed by atoms with E-state index in [2.05, 4.69) is 97.7 Å². The molecule has 1 fully saturated rings. The van der Waals surface area contributed by atoms with Crippen LogP contribution in [0.3, 0.4) is 0 Å². The van der Waals surface area contributed by atoms with Crippen LogP contribution in [0.5, 0.6) is 0 Å². The van der Waals surface area contributed by atoms with Gasteiger partial charge in [-0.1, -0.05) is 110 Å². The number of allylic oxidation sites excluding steroid dienone is 7. The van der Waals surface area contributed by atoms with Crippen LogP contribution >= 0.6 is 0 Å². The third kappa shape index (κ3) is 6.23. The van der Waals surface area contributed by atoms with Gasteiger partial charge in [-0.2, -0.15) is 9.50 Å². The van der Waals surface area contributed by atoms with Crippen molar-refractivity contribution in [2.75, 3.05) is 12.4 Å². The summed E-state index contributed by atoms with van der Waals surface area (Å²) in [4.78, 5) is 14.6. The predicted octanol–water partition coefficient (Wildman–Crippen LogP) is 8.21. The number of nitrogens with zero attached hydrogens (tertiary/aromatic N) is 5. The summed E-state index contributed by atoms with van der Waals surface area (Å²) in [6.45, 7) is 6.36. The molecule has 232 valence electrons. The van der Waals surface area contributed by atoms with Gasteiger partial charge in [0.05, 0.1) is 17.0 Å². The molecule has 4 aromatic rings. The zero-order chi connectivity index (χ0) is 31.6. The molecule has 7 nitrogen and oxygen atoms in total. The lowest BCUT2D eigenvalue weighted by molar-refractivity contribution is 0.720. The Labute approximate surface area is 271 Å². The van der Waals surface area contributed by atoms with Crippen LogP contribution in [0.25, 0.3) is 28.2 Å². The van der Waals surface area contributed by atoms with Crippen molar-refractivity contribution < 1.29 is 0 Å². The van der Waals surface area contributed by atoms with Crippen molar-refractivity contribution in [2.45, 2.75) is 51.4 Å². The van der Waals surface area contributed by atoms with E-state index < -0.39 is 0 Å². The third-order valence-electron chi connectivity index (χ3n) is 9.17. The summed E-state index contributed by atoms with van der Waals surface area (Å²) in [5, 5.41) is 8.26. The van der Waals surface area contributed by atoms with Gasteiger partial charge in [0, 0.05) is 24.4 Å². The fourth-order valence-corrected chi connectivity index (χ4v) is 6.40. The maximum atomic E-state index is 6.50. The van der Waals surface area contributed by atoms with Crippen LogP contribution in [-0.4, -0.2) is 32.5 Å². The summed E-state index contributed by atoms with van der Waals surface area (Å²) in [6, 6.07) is 19.2. The van der Waals surface area contributed by atoms with Crippen LogP contribution in [-0.2, 0) is 6.42 Å². The average Bonchev–Trinajstić information content (AvgIpc) is 3.73. The van der Waals surface area contributed by atoms with Gasteiger partial charge < -0.3 is 11.1 Å². The number of hydrogen-bond donors (Lipinski definition) is 2. The molecule has 2 unspecified atom stereocenters. The Hall–Kier alpha value is -5.04. The number of aliphatic imine (C=N–C) groups is 1. The third-order valence-corrected chi connectivity index (χ3v) is 9.17. The monoisotopic (exact) mass is 607 g/mol. The van der Waals surface area contributed by atoms with Gasteiger partial charge in [-0.3, -0.25) is 0 Å². The van der Waals surface area contributed by atoms with Crippen molar-refractivity contribution in [3.63, 3.8) is 0 Å². The molecule has 7 heteroatoms. The Morgan fingerprint density at radius 1 is 1.02 bits per heavy atom. The van der Waals surface area contributed by atoms with E-state index in [1.807, 2.05) is 23.7 Å². The van der Waals surface area contributed by atoms with E-state index in [0.717, 1.165) is 83.8 Å². The minimum atomic E-state index is 0.233. The van der Waals surface area contributed by atoms with Gasteiger partial charge in [-0.15, -0.1) is 5.10 Å². The van der Waals surface area contributed by atoms with E-state index in [-0.39, 0.29) is 5.92 Å². The molecule has 3 N–H and O–H groups in total. The Morgan fingerprint density at radius 3 is 2.59 bits per heavy atom. The van der Waals surface area contributed by atoms with Crippen molar-refractivity contribution in [1.29, 1.82) is 0 Å². The van der Waals surface area contributed by atoms with E-state index in [0.29, 0.717) is 23.4 Å². The van der Waals surface area contributed by atoms with Gasteiger partial charge in [-0.05, 0) is 61.1 Å². The number of aromatic nitrogens is 4. The summed E-state index contributed by atoms with van der Waals surface area (Å²) >= 11 is 0. The number of hydrogen-bond acceptors (Lipinski definition) is 5. The van der Waals surface area contributed by atoms with Gasteiger partial charge >= 0.3 is 0 Å². The molecule has 46 heavy (non-hydrogen) atoms. The molecule has 1 saturated carbocycles. The normalized spacial score (nSPS) is 19.7. The molecule has 7 rings (SSSR count). The smallest absolute Gasteiger partial charge is 0.254 e. The number of nitrogens with two attached hydrogens (primary N) is 1. The first-order valence-corrected chi connectivity index (χ1v) is 16.4. The van der Waals surface area contributed by atoms with Crippen LogP contribution in [0.1, 0.15) is 56.3 Å². The van der Waals surface area contributed by atoms with Gasteiger partial charge in [0.1, 0.15) is 11.7 Å². The summed E-state index contributed by atoms with van der Waals surface area (Å²) in [7, 11) is 1.94. The van der Waals surface area contributed by atoms with Crippen molar-refractivity contribution in [2.24, 2.45) is 22.6 Å². The van der Waals surface area contributed by atoms with E-state index in [1.54, 1.807) is 0 Å². The molecule has 2 aromatic carbocycles. The lowest BCUT2D eigenvalue weighted by Crippen LogP contribution is -2.22. The maximum absolute atomic E-state index is 6.50. The molecule has 0 bridgehead atoms. The summed E-state index contributed by atoms with van der Waals surface area (Å²) in [5.74, 6) is 4.13. The zero-order valence-electron chi connectivity index (χ0n) is 26.7. The Kier molecular flexibility index (Phi) is 8.22. The molecule has 0 spiro atoms. The van der Waals surface area contributed by atoms with Gasteiger partial charge in [-0.25, -0.2) is 9.98 Å². The summed E-state index contributed by atoms with van der Waals surface area (Å²) < 4.78 is 1.87. The number of fused-ring (bicyclic) bond motifs is 1. The molecule has 2 aromatic heterocycles. The summed E-state index contributed by atoms with van der Waals surface area (Å²) in [6.07, 6.45) is 19.0. The Morgan fingerprint density at radius 2 is 1.83 bits per heavy atom. The van der Waals surface area contributed by atoms with Crippen molar-refractivity contribution in [1.82, 2.24) is 19.6 Å². The molecule has 0 amide bonds. The fraction of sp³-hybridized carbons (Fsp3) is 0.282. The lowest BCUT2D eigenvalue weighted by atomic mass is 9.97. The second kappa shape index (κ2) is 12.8. The first-order valence-electron chi connectivity index (χ1n) is 16.4. The highest BCUT2D eigenvalue weighted by Crippen LogP contribution is 2.41. The minimum Gasteiger partial charge on any atom is -0.387 e. The molecular weight excluding hydrogens is 566 g/mol. The Bertz CT molecular complexity index is 1920. The number of rotatable bonds is 10. The SMILES string of the molecule is C=C(N=C(N)C1CC=C(CCc2ccc(-c3nc4nc(C5CC5)nn4c(NC)c3-c3ccccc3)cc2)C1)C1=CC(C)C=CC=C1. The van der Waals surface area contributed by atoms with Crippen LogP contribution in [0.15, 0.2) is 119 Å². The van der Waals surface area contributed by atoms with Gasteiger partial charge in [0.15, 0.2) is 5.82 Å². The number of anilines is 1. The molecule has 2 heterocycles. The molecule has 0 saturated heterocycles. The maximum Gasteiger partial charge on any atom is 0.254 e. The molecule has 3 aliphatic carbocycles. The first-order chi connectivity index (χ1) is 22.5. The number of benzene rings is 2. The van der Waals surface area contributed by atoms with E-state index in [4.69, 9.17) is 25.8 Å². The highest BCUT2D eigenvalue weighted by molar-refractivity contribution is 5.89. The topological polar surface area (TPSA) is 93.5 Å². The van der Waals surface area contributed by atoms with Gasteiger partial charge in [0.25, 0.3) is 5.78 Å². The molecule has 0 radical (unpaired) electrons. The summed E-state index contributed by atoms with van der Waals surface area (Å²) in [5.41, 5.74) is 15.1. The van der Waals surface area contributed by atoms with Crippen LogP contribution in [0.2, 0.25) is 0 Å².